The minimum atomic E-state index is -3.80. The van der Waals surface area contributed by atoms with Gasteiger partial charge in [0, 0.05) is 32.6 Å². The van der Waals surface area contributed by atoms with Crippen molar-refractivity contribution in [2.24, 2.45) is 0 Å². The molecule has 0 amide bonds. The van der Waals surface area contributed by atoms with E-state index >= 15 is 0 Å². The molecular formula is C22H19Cl4NO2S. The van der Waals surface area contributed by atoms with Crippen LogP contribution >= 0.6 is 46.4 Å². The highest BCUT2D eigenvalue weighted by molar-refractivity contribution is 7.89. The van der Waals surface area contributed by atoms with E-state index in [0.29, 0.717) is 10.0 Å². The van der Waals surface area contributed by atoms with Crippen LogP contribution < -0.4 is 4.72 Å². The number of rotatable bonds is 7. The third kappa shape index (κ3) is 5.91. The molecule has 0 spiro atoms. The van der Waals surface area contributed by atoms with E-state index in [1.54, 1.807) is 12.1 Å². The van der Waals surface area contributed by atoms with Gasteiger partial charge in [-0.2, -0.15) is 0 Å². The summed E-state index contributed by atoms with van der Waals surface area (Å²) in [5.74, 6) is -0.137. The lowest BCUT2D eigenvalue weighted by Crippen LogP contribution is -2.30. The molecule has 3 rings (SSSR count). The fourth-order valence-corrected chi connectivity index (χ4v) is 5.30. The number of benzene rings is 3. The molecule has 3 nitrogen and oxygen atoms in total. The second kappa shape index (κ2) is 9.90. The van der Waals surface area contributed by atoms with E-state index in [1.807, 2.05) is 43.3 Å². The molecule has 0 aromatic heterocycles. The number of halogens is 4. The Hall–Kier alpha value is -1.27. The summed E-state index contributed by atoms with van der Waals surface area (Å²) in [4.78, 5) is 0.0222. The first-order valence-electron chi connectivity index (χ1n) is 9.12. The molecule has 0 bridgehead atoms. The summed E-state index contributed by atoms with van der Waals surface area (Å²) in [6.07, 6.45) is 0. The van der Waals surface area contributed by atoms with Gasteiger partial charge in [0.2, 0.25) is 10.0 Å². The summed E-state index contributed by atoms with van der Waals surface area (Å²) in [6, 6.07) is 19.2. The molecule has 30 heavy (non-hydrogen) atoms. The van der Waals surface area contributed by atoms with Crippen molar-refractivity contribution in [3.8, 4) is 0 Å². The standard InChI is InChI=1S/C22H19Cl4NO2S/c1-14(15-2-6-17(23)7-3-15)22(16-4-8-18(24)9-5-16)13-27-30(28,29)21-11-19(25)10-20(26)12-21/h2-12,14,22,27H,13H2,1H3. The monoisotopic (exact) mass is 501 g/mol. The molecule has 0 aliphatic heterocycles. The van der Waals surface area contributed by atoms with E-state index in [0.717, 1.165) is 11.1 Å². The first-order chi connectivity index (χ1) is 14.2. The SMILES string of the molecule is CC(c1ccc(Cl)cc1)C(CNS(=O)(=O)c1cc(Cl)cc(Cl)c1)c1ccc(Cl)cc1. The molecule has 3 aromatic rings. The van der Waals surface area contributed by atoms with Crippen molar-refractivity contribution in [3.05, 3.63) is 97.9 Å². The highest BCUT2D eigenvalue weighted by atomic mass is 35.5. The molecule has 0 fully saturated rings. The first-order valence-corrected chi connectivity index (χ1v) is 12.1. The molecule has 0 saturated heterocycles. The second-order valence-electron chi connectivity index (χ2n) is 6.96. The first kappa shape index (κ1) is 23.4. The van der Waals surface area contributed by atoms with Crippen LogP contribution in [0.2, 0.25) is 20.1 Å². The Morgan fingerprint density at radius 3 is 1.70 bits per heavy atom. The summed E-state index contributed by atoms with van der Waals surface area (Å²) >= 11 is 24.0. The predicted octanol–water partition coefficient (Wildman–Crippen LogP) is 7.17. The molecule has 1 N–H and O–H groups in total. The van der Waals surface area contributed by atoms with Crippen LogP contribution in [0, 0.1) is 0 Å². The predicted molar refractivity (Wildman–Crippen MR) is 126 cm³/mol. The summed E-state index contributed by atoms with van der Waals surface area (Å²) in [6.45, 7) is 2.23. The zero-order chi connectivity index (χ0) is 21.9. The Morgan fingerprint density at radius 2 is 1.20 bits per heavy atom. The smallest absolute Gasteiger partial charge is 0.211 e. The van der Waals surface area contributed by atoms with Gasteiger partial charge in [-0.15, -0.1) is 0 Å². The lowest BCUT2D eigenvalue weighted by molar-refractivity contribution is 0.539. The maximum absolute atomic E-state index is 12.9. The molecule has 2 unspecified atom stereocenters. The zero-order valence-electron chi connectivity index (χ0n) is 15.9. The summed E-state index contributed by atoms with van der Waals surface area (Å²) in [5, 5.41) is 1.77. The van der Waals surface area contributed by atoms with Crippen molar-refractivity contribution in [1.29, 1.82) is 0 Å². The number of hydrogen-bond acceptors (Lipinski definition) is 2. The second-order valence-corrected chi connectivity index (χ2v) is 10.5. The average Bonchev–Trinajstić information content (AvgIpc) is 2.69. The zero-order valence-corrected chi connectivity index (χ0v) is 19.8. The van der Waals surface area contributed by atoms with Crippen molar-refractivity contribution < 1.29 is 8.42 Å². The highest BCUT2D eigenvalue weighted by Gasteiger charge is 2.24. The Labute approximate surface area is 197 Å². The van der Waals surface area contributed by atoms with Gasteiger partial charge in [0.05, 0.1) is 4.90 Å². The largest absolute Gasteiger partial charge is 0.240 e. The molecule has 0 radical (unpaired) electrons. The Kier molecular flexibility index (Phi) is 7.72. The van der Waals surface area contributed by atoms with Gasteiger partial charge in [-0.3, -0.25) is 0 Å². The van der Waals surface area contributed by atoms with Crippen LogP contribution in [0.4, 0.5) is 0 Å². The molecule has 0 aliphatic rings. The van der Waals surface area contributed by atoms with Crippen molar-refractivity contribution in [2.75, 3.05) is 6.54 Å². The van der Waals surface area contributed by atoms with Crippen molar-refractivity contribution in [1.82, 2.24) is 4.72 Å². The quantitative estimate of drug-likeness (QED) is 0.372. The van der Waals surface area contributed by atoms with Gasteiger partial charge in [0.1, 0.15) is 0 Å². The number of hydrogen-bond donors (Lipinski definition) is 1. The third-order valence-corrected chi connectivity index (χ3v) is 7.28. The van der Waals surface area contributed by atoms with Crippen LogP contribution in [0.5, 0.6) is 0 Å². The van der Waals surface area contributed by atoms with Crippen LogP contribution in [0.1, 0.15) is 29.9 Å². The van der Waals surface area contributed by atoms with E-state index in [4.69, 9.17) is 46.4 Å². The molecule has 0 saturated carbocycles. The lowest BCUT2D eigenvalue weighted by Gasteiger charge is -2.25. The van der Waals surface area contributed by atoms with Gasteiger partial charge in [0.25, 0.3) is 0 Å². The Balaban J connectivity index is 1.90. The van der Waals surface area contributed by atoms with Crippen molar-refractivity contribution in [2.45, 2.75) is 23.7 Å². The number of sulfonamides is 1. The van der Waals surface area contributed by atoms with Gasteiger partial charge in [-0.1, -0.05) is 77.6 Å². The minimum absolute atomic E-state index is 0.00842. The molecule has 0 heterocycles. The number of nitrogens with one attached hydrogen (secondary N) is 1. The Morgan fingerprint density at radius 1 is 0.733 bits per heavy atom. The van der Waals surface area contributed by atoms with E-state index in [2.05, 4.69) is 4.72 Å². The van der Waals surface area contributed by atoms with Crippen LogP contribution in [-0.4, -0.2) is 15.0 Å². The fourth-order valence-electron chi connectivity index (χ4n) is 3.26. The molecular weight excluding hydrogens is 484 g/mol. The molecule has 8 heteroatoms. The van der Waals surface area contributed by atoms with Crippen molar-refractivity contribution >= 4 is 56.4 Å². The topological polar surface area (TPSA) is 46.2 Å². The average molecular weight is 503 g/mol. The minimum Gasteiger partial charge on any atom is -0.211 e. The van der Waals surface area contributed by atoms with E-state index in [9.17, 15) is 8.42 Å². The van der Waals surface area contributed by atoms with Crippen LogP contribution in [0.3, 0.4) is 0 Å². The van der Waals surface area contributed by atoms with E-state index in [-0.39, 0.29) is 33.3 Å². The third-order valence-electron chi connectivity index (χ3n) is 4.94. The van der Waals surface area contributed by atoms with Crippen molar-refractivity contribution in [3.63, 3.8) is 0 Å². The van der Waals surface area contributed by atoms with Gasteiger partial charge >= 0.3 is 0 Å². The molecule has 158 valence electrons. The van der Waals surface area contributed by atoms with Crippen LogP contribution in [0.15, 0.2) is 71.6 Å². The maximum Gasteiger partial charge on any atom is 0.240 e. The molecule has 0 aliphatic carbocycles. The normalized spacial score (nSPS) is 13.8. The summed E-state index contributed by atoms with van der Waals surface area (Å²) < 4.78 is 28.4. The van der Waals surface area contributed by atoms with Gasteiger partial charge < -0.3 is 0 Å². The van der Waals surface area contributed by atoms with Gasteiger partial charge in [-0.25, -0.2) is 13.1 Å². The van der Waals surface area contributed by atoms with E-state index in [1.165, 1.54) is 18.2 Å². The summed E-state index contributed by atoms with van der Waals surface area (Å²) in [7, 11) is -3.80. The maximum atomic E-state index is 12.9. The molecule has 2 atom stereocenters. The highest BCUT2D eigenvalue weighted by Crippen LogP contribution is 2.34. The summed E-state index contributed by atoms with van der Waals surface area (Å²) in [5.41, 5.74) is 2.01. The van der Waals surface area contributed by atoms with Gasteiger partial charge in [0.15, 0.2) is 0 Å². The van der Waals surface area contributed by atoms with Gasteiger partial charge in [-0.05, 0) is 59.5 Å². The fraction of sp³-hybridized carbons (Fsp3) is 0.182. The van der Waals surface area contributed by atoms with E-state index < -0.39 is 10.0 Å². The van der Waals surface area contributed by atoms with Crippen LogP contribution in [0.25, 0.3) is 0 Å². The van der Waals surface area contributed by atoms with Crippen LogP contribution in [-0.2, 0) is 10.0 Å². The molecule has 3 aromatic carbocycles. The Bertz CT molecular complexity index is 1100. The lowest BCUT2D eigenvalue weighted by atomic mass is 9.83.